The fourth-order valence-corrected chi connectivity index (χ4v) is 4.49. The molecule has 30 heavy (non-hydrogen) atoms. The van der Waals surface area contributed by atoms with Crippen LogP contribution in [0.5, 0.6) is 0 Å². The van der Waals surface area contributed by atoms with Crippen molar-refractivity contribution in [3.05, 3.63) is 70.5 Å². The minimum Gasteiger partial charge on any atom is -0.372 e. The molecule has 3 aromatic rings. The normalized spacial score (nSPS) is 15.3. The zero-order valence-corrected chi connectivity index (χ0v) is 18.5. The molecule has 5 nitrogen and oxygen atoms in total. The summed E-state index contributed by atoms with van der Waals surface area (Å²) in [5.74, 6) is 0.783. The Kier molecular flexibility index (Phi) is 6.64. The maximum absolute atomic E-state index is 4.75. The molecule has 0 radical (unpaired) electrons. The van der Waals surface area contributed by atoms with Gasteiger partial charge in [-0.15, -0.1) is 11.3 Å². The highest BCUT2D eigenvalue weighted by Crippen LogP contribution is 2.24. The Bertz CT molecular complexity index is 976. The molecule has 2 N–H and O–H groups in total. The Balaban J connectivity index is 1.35. The van der Waals surface area contributed by atoms with Crippen molar-refractivity contribution >= 4 is 23.0 Å². The number of benzene rings is 2. The third-order valence-electron chi connectivity index (χ3n) is 5.45. The summed E-state index contributed by atoms with van der Waals surface area (Å²) in [5.41, 5.74) is 4.75. The Morgan fingerprint density at radius 1 is 1.13 bits per heavy atom. The molecule has 0 spiro atoms. The summed E-state index contributed by atoms with van der Waals surface area (Å²) in [6, 6.07) is 19.3. The average Bonchev–Trinajstić information content (AvgIpc) is 3.50. The molecular weight excluding hydrogens is 390 g/mol. The van der Waals surface area contributed by atoms with Crippen LogP contribution in [0.3, 0.4) is 0 Å². The summed E-state index contributed by atoms with van der Waals surface area (Å²) in [5, 5.41) is 10.1. The van der Waals surface area contributed by atoms with E-state index in [2.05, 4.69) is 69.2 Å². The summed E-state index contributed by atoms with van der Waals surface area (Å²) in [6.07, 6.45) is 2.58. The molecule has 2 aromatic carbocycles. The fraction of sp³-hybridized carbons (Fsp3) is 0.333. The van der Waals surface area contributed by atoms with E-state index >= 15 is 0 Å². The van der Waals surface area contributed by atoms with Crippen LogP contribution in [0.25, 0.3) is 11.3 Å². The van der Waals surface area contributed by atoms with Crippen LogP contribution in [0.15, 0.2) is 65.0 Å². The minimum atomic E-state index is 0.162. The van der Waals surface area contributed by atoms with Gasteiger partial charge in [-0.3, -0.25) is 4.99 Å². The second-order valence-electron chi connectivity index (χ2n) is 7.57. The van der Waals surface area contributed by atoms with E-state index in [1.54, 1.807) is 18.4 Å². The summed E-state index contributed by atoms with van der Waals surface area (Å²) >= 11 is 1.67. The van der Waals surface area contributed by atoms with Crippen LogP contribution >= 0.6 is 11.3 Å². The van der Waals surface area contributed by atoms with Crippen molar-refractivity contribution in [1.82, 2.24) is 15.6 Å². The van der Waals surface area contributed by atoms with E-state index in [-0.39, 0.29) is 6.04 Å². The smallest absolute Gasteiger partial charge is 0.191 e. The largest absolute Gasteiger partial charge is 0.372 e. The number of guanidine groups is 1. The quantitative estimate of drug-likeness (QED) is 0.444. The second kappa shape index (κ2) is 9.76. The van der Waals surface area contributed by atoms with E-state index < -0.39 is 0 Å². The Hall–Kier alpha value is -2.86. The first kappa shape index (κ1) is 20.4. The van der Waals surface area contributed by atoms with Crippen LogP contribution in [0.2, 0.25) is 0 Å². The van der Waals surface area contributed by atoms with Crippen molar-refractivity contribution in [2.45, 2.75) is 32.4 Å². The highest BCUT2D eigenvalue weighted by Gasteiger charge is 2.14. The molecule has 0 saturated carbocycles. The van der Waals surface area contributed by atoms with E-state index in [4.69, 9.17) is 4.98 Å². The number of aromatic nitrogens is 1. The standard InChI is InChI=1S/C24H29N5S/c1-18(20-11-8-12-21(15-20)29-13-6-7-14-29)27-24(25-2)26-16-23-28-22(17-30-23)19-9-4-3-5-10-19/h3-5,8-12,15,17-18H,6-7,13-14,16H2,1-2H3,(H2,25,26,27). The van der Waals surface area contributed by atoms with Gasteiger partial charge in [-0.1, -0.05) is 42.5 Å². The molecule has 0 aliphatic carbocycles. The first-order valence-corrected chi connectivity index (χ1v) is 11.4. The van der Waals surface area contributed by atoms with Crippen LogP contribution in [0.4, 0.5) is 5.69 Å². The molecule has 4 rings (SSSR count). The van der Waals surface area contributed by atoms with Gasteiger partial charge in [0.1, 0.15) is 5.01 Å². The lowest BCUT2D eigenvalue weighted by atomic mass is 10.1. The van der Waals surface area contributed by atoms with Gasteiger partial charge < -0.3 is 15.5 Å². The van der Waals surface area contributed by atoms with Gasteiger partial charge >= 0.3 is 0 Å². The summed E-state index contributed by atoms with van der Waals surface area (Å²) in [6.45, 7) is 5.14. The Morgan fingerprint density at radius 3 is 2.70 bits per heavy atom. The van der Waals surface area contributed by atoms with Crippen molar-refractivity contribution < 1.29 is 0 Å². The maximum Gasteiger partial charge on any atom is 0.191 e. The molecule has 1 unspecified atom stereocenters. The first-order valence-electron chi connectivity index (χ1n) is 10.5. The Labute approximate surface area is 182 Å². The van der Waals surface area contributed by atoms with Crippen molar-refractivity contribution in [1.29, 1.82) is 0 Å². The number of hydrogen-bond acceptors (Lipinski definition) is 4. The van der Waals surface area contributed by atoms with Gasteiger partial charge in [0.25, 0.3) is 0 Å². The van der Waals surface area contributed by atoms with E-state index in [1.165, 1.54) is 24.1 Å². The molecule has 6 heteroatoms. The minimum absolute atomic E-state index is 0.162. The molecular formula is C24H29N5S. The van der Waals surface area contributed by atoms with Crippen molar-refractivity contribution in [3.8, 4) is 11.3 Å². The highest BCUT2D eigenvalue weighted by atomic mass is 32.1. The van der Waals surface area contributed by atoms with Gasteiger partial charge in [0.2, 0.25) is 0 Å². The highest BCUT2D eigenvalue weighted by molar-refractivity contribution is 7.09. The molecule has 1 aliphatic heterocycles. The van der Waals surface area contributed by atoms with Crippen LogP contribution in [-0.4, -0.2) is 31.1 Å². The maximum atomic E-state index is 4.75. The van der Waals surface area contributed by atoms with E-state index in [0.29, 0.717) is 6.54 Å². The lowest BCUT2D eigenvalue weighted by molar-refractivity contribution is 0.684. The van der Waals surface area contributed by atoms with Gasteiger partial charge in [0.05, 0.1) is 18.3 Å². The lowest BCUT2D eigenvalue weighted by Crippen LogP contribution is -2.38. The lowest BCUT2D eigenvalue weighted by Gasteiger charge is -2.22. The van der Waals surface area contributed by atoms with Gasteiger partial charge in [-0.2, -0.15) is 0 Å². The number of aliphatic imine (C=N–C) groups is 1. The molecule has 1 fully saturated rings. The van der Waals surface area contributed by atoms with Gasteiger partial charge in [0.15, 0.2) is 5.96 Å². The van der Waals surface area contributed by atoms with Crippen LogP contribution < -0.4 is 15.5 Å². The first-order chi connectivity index (χ1) is 14.7. The summed E-state index contributed by atoms with van der Waals surface area (Å²) < 4.78 is 0. The molecule has 1 aliphatic rings. The van der Waals surface area contributed by atoms with E-state index in [1.807, 2.05) is 18.2 Å². The zero-order valence-electron chi connectivity index (χ0n) is 17.6. The number of thiazole rings is 1. The predicted octanol–water partition coefficient (Wildman–Crippen LogP) is 4.84. The number of hydrogen-bond donors (Lipinski definition) is 2. The van der Waals surface area contributed by atoms with E-state index in [0.717, 1.165) is 35.3 Å². The zero-order chi connectivity index (χ0) is 20.8. The number of nitrogens with zero attached hydrogens (tertiary/aromatic N) is 3. The SMILES string of the molecule is CN=C(NCc1nc(-c2ccccc2)cs1)NC(C)c1cccc(N2CCCC2)c1. The third kappa shape index (κ3) is 5.00. The van der Waals surface area contributed by atoms with Crippen molar-refractivity contribution in [3.63, 3.8) is 0 Å². The molecule has 1 aromatic heterocycles. The molecule has 2 heterocycles. The number of nitrogens with one attached hydrogen (secondary N) is 2. The van der Waals surface area contributed by atoms with Crippen LogP contribution in [-0.2, 0) is 6.54 Å². The van der Waals surface area contributed by atoms with Gasteiger partial charge in [-0.25, -0.2) is 4.98 Å². The van der Waals surface area contributed by atoms with Crippen LogP contribution in [0.1, 0.15) is 36.4 Å². The predicted molar refractivity (Wildman–Crippen MR) is 127 cm³/mol. The molecule has 0 bridgehead atoms. The molecule has 156 valence electrons. The number of anilines is 1. The monoisotopic (exact) mass is 419 g/mol. The second-order valence-corrected chi connectivity index (χ2v) is 8.52. The molecule has 1 atom stereocenters. The third-order valence-corrected chi connectivity index (χ3v) is 6.30. The van der Waals surface area contributed by atoms with Crippen molar-refractivity contribution in [2.75, 3.05) is 25.0 Å². The topological polar surface area (TPSA) is 52.6 Å². The average molecular weight is 420 g/mol. The summed E-state index contributed by atoms with van der Waals surface area (Å²) in [7, 11) is 1.81. The van der Waals surface area contributed by atoms with Gasteiger partial charge in [0, 0.05) is 36.8 Å². The summed E-state index contributed by atoms with van der Waals surface area (Å²) in [4.78, 5) is 11.6. The van der Waals surface area contributed by atoms with E-state index in [9.17, 15) is 0 Å². The number of rotatable bonds is 6. The van der Waals surface area contributed by atoms with Crippen molar-refractivity contribution in [2.24, 2.45) is 4.99 Å². The molecule has 1 saturated heterocycles. The molecule has 0 amide bonds. The van der Waals surface area contributed by atoms with Gasteiger partial charge in [-0.05, 0) is 37.5 Å². The van der Waals surface area contributed by atoms with Crippen LogP contribution in [0, 0.1) is 0 Å². The Morgan fingerprint density at radius 2 is 1.93 bits per heavy atom. The fourth-order valence-electron chi connectivity index (χ4n) is 3.74.